The molecule has 0 spiro atoms. The van der Waals surface area contributed by atoms with Gasteiger partial charge in [-0.3, -0.25) is 19.4 Å². The van der Waals surface area contributed by atoms with Gasteiger partial charge in [0, 0.05) is 25.3 Å². The molecule has 0 bridgehead atoms. The Labute approximate surface area is 225 Å². The number of nitrogens with one attached hydrogen (secondary N) is 2. The van der Waals surface area contributed by atoms with Crippen molar-refractivity contribution in [1.82, 2.24) is 15.2 Å². The van der Waals surface area contributed by atoms with Gasteiger partial charge in [0.15, 0.2) is 5.60 Å². The van der Waals surface area contributed by atoms with Gasteiger partial charge in [0.05, 0.1) is 32.0 Å². The second-order valence-electron chi connectivity index (χ2n) is 9.50. The molecular weight excluding hydrogens is 512 g/mol. The Kier molecular flexibility index (Phi) is 11.6. The molecule has 1 aliphatic carbocycles. The molecule has 1 amide bonds. The van der Waals surface area contributed by atoms with Crippen molar-refractivity contribution < 1.29 is 39.6 Å². The molecule has 1 aromatic rings. The highest BCUT2D eigenvalue weighted by molar-refractivity contribution is 5.88. The van der Waals surface area contributed by atoms with E-state index >= 15 is 0 Å². The molecule has 2 heterocycles. The molecule has 1 saturated heterocycles. The summed E-state index contributed by atoms with van der Waals surface area (Å²) in [5.41, 5.74) is -2.19. The van der Waals surface area contributed by atoms with E-state index in [-0.39, 0.29) is 11.9 Å². The molecule has 1 aliphatic heterocycles. The molecule has 14 nitrogen and oxygen atoms in total. The fourth-order valence-corrected chi connectivity index (χ4v) is 4.50. The molecule has 1 saturated carbocycles. The minimum absolute atomic E-state index is 0.0414. The second-order valence-corrected chi connectivity index (χ2v) is 9.50. The van der Waals surface area contributed by atoms with E-state index in [1.807, 2.05) is 6.07 Å². The molecule has 3 atom stereocenters. The number of aliphatic hydroxyl groups is 1. The second kappa shape index (κ2) is 14.6. The molecule has 210 valence electrons. The van der Waals surface area contributed by atoms with Crippen LogP contribution in [0.2, 0.25) is 0 Å². The lowest BCUT2D eigenvalue weighted by Gasteiger charge is -2.21. The fraction of sp³-hybridized carbons (Fsp3) is 0.560. The van der Waals surface area contributed by atoms with E-state index in [0.717, 1.165) is 44.5 Å². The summed E-state index contributed by atoms with van der Waals surface area (Å²) < 4.78 is 0. The molecule has 2 unspecified atom stereocenters. The highest BCUT2D eigenvalue weighted by Crippen LogP contribution is 2.26. The minimum Gasteiger partial charge on any atom is -0.481 e. The Morgan fingerprint density at radius 1 is 1.15 bits per heavy atom. The number of pyridine rings is 1. The third kappa shape index (κ3) is 9.85. The fourth-order valence-electron chi connectivity index (χ4n) is 4.50. The number of rotatable bonds is 11. The van der Waals surface area contributed by atoms with Crippen LogP contribution >= 0.6 is 0 Å². The van der Waals surface area contributed by atoms with E-state index < -0.39 is 36.4 Å². The number of carboxylic acids is 3. The van der Waals surface area contributed by atoms with Crippen molar-refractivity contribution in [2.24, 2.45) is 5.92 Å². The van der Waals surface area contributed by atoms with Crippen LogP contribution in [0.3, 0.4) is 0 Å². The zero-order valence-electron chi connectivity index (χ0n) is 21.2. The molecule has 0 radical (unpaired) electrons. The van der Waals surface area contributed by atoms with Crippen LogP contribution in [0.25, 0.3) is 4.85 Å². The predicted molar refractivity (Wildman–Crippen MR) is 136 cm³/mol. The standard InChI is InChI=1S/C19H24N6O.C6H8O7/c1-21-16-6-7-18(24-12-16)23-11-14-4-5-15(9-14)22-13-19(26)25-8-2-3-17(25)10-20;7-3(8)1-6(13,5(11)12)2-4(9)10/h6-7,12,14-15,17,22H,2-5,8-9,11,13H2,(H,23,24);13H,1-2H2,(H,7,8)(H,9,10)(H,11,12)/t14?,15?,17-;/m0./s1. The number of nitriles is 1. The van der Waals surface area contributed by atoms with Crippen LogP contribution in [-0.4, -0.2) is 91.4 Å². The number of carbonyl (C=O) groups excluding carboxylic acids is 1. The molecule has 6 N–H and O–H groups in total. The maximum absolute atomic E-state index is 12.3. The van der Waals surface area contributed by atoms with Crippen molar-refractivity contribution in [3.63, 3.8) is 0 Å². The SMILES string of the molecule is O=C(O)CC(O)(CC(=O)O)C(=O)O.[C-]#[N+]c1ccc(NCC2CCC(NCC(=O)N3CCC[C@H]3C#N)C2)nc1. The van der Waals surface area contributed by atoms with E-state index in [0.29, 0.717) is 30.7 Å². The van der Waals surface area contributed by atoms with Crippen LogP contribution in [0.15, 0.2) is 18.3 Å². The van der Waals surface area contributed by atoms with Gasteiger partial charge in [-0.25, -0.2) is 9.64 Å². The number of anilines is 1. The zero-order chi connectivity index (χ0) is 29.0. The molecule has 2 aliphatic rings. The number of carboxylic acid groups (broad SMARTS) is 3. The summed E-state index contributed by atoms with van der Waals surface area (Å²) in [5.74, 6) is -3.64. The number of likely N-dealkylation sites (tertiary alicyclic amines) is 1. The average Bonchev–Trinajstić information content (AvgIpc) is 3.55. The third-order valence-electron chi connectivity index (χ3n) is 6.54. The molecular formula is C25H32N6O8. The van der Waals surface area contributed by atoms with E-state index in [2.05, 4.69) is 26.5 Å². The Morgan fingerprint density at radius 2 is 1.85 bits per heavy atom. The number of carbonyl (C=O) groups is 4. The van der Waals surface area contributed by atoms with Crippen LogP contribution < -0.4 is 10.6 Å². The van der Waals surface area contributed by atoms with E-state index in [9.17, 15) is 19.2 Å². The van der Waals surface area contributed by atoms with Crippen LogP contribution in [0, 0.1) is 23.8 Å². The molecule has 1 aromatic heterocycles. The molecule has 3 rings (SSSR count). The maximum Gasteiger partial charge on any atom is 0.336 e. The van der Waals surface area contributed by atoms with Gasteiger partial charge in [-0.2, -0.15) is 5.26 Å². The Balaban J connectivity index is 0.000000349. The summed E-state index contributed by atoms with van der Waals surface area (Å²) in [4.78, 5) is 52.0. The van der Waals surface area contributed by atoms with Crippen LogP contribution in [0.1, 0.15) is 44.9 Å². The van der Waals surface area contributed by atoms with Gasteiger partial charge in [-0.1, -0.05) is 6.07 Å². The number of nitrogens with zero attached hydrogens (tertiary/aromatic N) is 4. The summed E-state index contributed by atoms with van der Waals surface area (Å²) in [7, 11) is 0. The number of aromatic nitrogens is 1. The summed E-state index contributed by atoms with van der Waals surface area (Å²) >= 11 is 0. The van der Waals surface area contributed by atoms with Crippen LogP contribution in [0.4, 0.5) is 11.5 Å². The Hall–Kier alpha value is -4.27. The first kappa shape index (κ1) is 31.0. The summed E-state index contributed by atoms with van der Waals surface area (Å²) in [6.07, 6.45) is 4.21. The predicted octanol–water partition coefficient (Wildman–Crippen LogP) is 1.07. The highest BCUT2D eigenvalue weighted by atomic mass is 16.4. The van der Waals surface area contributed by atoms with Gasteiger partial charge in [-0.05, 0) is 44.1 Å². The Morgan fingerprint density at radius 3 is 2.38 bits per heavy atom. The van der Waals surface area contributed by atoms with E-state index in [1.54, 1.807) is 17.2 Å². The summed E-state index contributed by atoms with van der Waals surface area (Å²) in [6, 6.07) is 5.92. The first-order valence-corrected chi connectivity index (χ1v) is 12.4. The van der Waals surface area contributed by atoms with E-state index in [1.165, 1.54) is 0 Å². The lowest BCUT2D eigenvalue weighted by atomic mass is 9.96. The first-order valence-electron chi connectivity index (χ1n) is 12.4. The van der Waals surface area contributed by atoms with Gasteiger partial charge in [0.2, 0.25) is 11.6 Å². The van der Waals surface area contributed by atoms with Crippen molar-refractivity contribution in [1.29, 1.82) is 5.26 Å². The van der Waals surface area contributed by atoms with Crippen molar-refractivity contribution in [3.8, 4) is 6.07 Å². The van der Waals surface area contributed by atoms with Gasteiger partial charge in [0.1, 0.15) is 11.9 Å². The maximum atomic E-state index is 12.3. The van der Waals surface area contributed by atoms with Crippen LogP contribution in [0.5, 0.6) is 0 Å². The van der Waals surface area contributed by atoms with Crippen molar-refractivity contribution >= 4 is 35.3 Å². The smallest absolute Gasteiger partial charge is 0.336 e. The van der Waals surface area contributed by atoms with E-state index in [4.69, 9.17) is 32.3 Å². The third-order valence-corrected chi connectivity index (χ3v) is 6.54. The van der Waals surface area contributed by atoms with Crippen molar-refractivity contribution in [3.05, 3.63) is 29.7 Å². The number of hydrogen-bond acceptors (Lipinski definition) is 9. The highest BCUT2D eigenvalue weighted by Gasteiger charge is 2.40. The quantitative estimate of drug-likeness (QED) is 0.216. The Bertz CT molecular complexity index is 1100. The monoisotopic (exact) mass is 544 g/mol. The molecule has 39 heavy (non-hydrogen) atoms. The van der Waals surface area contributed by atoms with Gasteiger partial charge >= 0.3 is 17.9 Å². The number of hydrogen-bond donors (Lipinski definition) is 6. The van der Waals surface area contributed by atoms with Crippen molar-refractivity contribution in [2.45, 2.75) is 62.6 Å². The van der Waals surface area contributed by atoms with Gasteiger partial charge < -0.3 is 36.0 Å². The average molecular weight is 545 g/mol. The van der Waals surface area contributed by atoms with Crippen LogP contribution in [-0.2, 0) is 19.2 Å². The largest absolute Gasteiger partial charge is 0.481 e. The van der Waals surface area contributed by atoms with Gasteiger partial charge in [0.25, 0.3) is 0 Å². The van der Waals surface area contributed by atoms with Gasteiger partial charge in [-0.15, -0.1) is 0 Å². The molecule has 2 fully saturated rings. The zero-order valence-corrected chi connectivity index (χ0v) is 21.2. The normalized spacial score (nSPS) is 20.2. The molecule has 0 aromatic carbocycles. The van der Waals surface area contributed by atoms with Crippen molar-refractivity contribution in [2.75, 3.05) is 25.0 Å². The number of amides is 1. The molecule has 14 heteroatoms. The topological polar surface area (TPSA) is 218 Å². The summed E-state index contributed by atoms with van der Waals surface area (Å²) in [6.45, 7) is 8.81. The summed E-state index contributed by atoms with van der Waals surface area (Å²) in [5, 5.41) is 49.6. The minimum atomic E-state index is -2.74. The lowest BCUT2D eigenvalue weighted by molar-refractivity contribution is -0.170. The number of aliphatic carboxylic acids is 3. The first-order chi connectivity index (χ1) is 18.5. The lowest BCUT2D eigenvalue weighted by Crippen LogP contribution is -2.43.